The van der Waals surface area contributed by atoms with Crippen LogP contribution in [-0.2, 0) is 17.7 Å². The molecule has 6 heteroatoms. The lowest BCUT2D eigenvalue weighted by Crippen LogP contribution is -2.52. The van der Waals surface area contributed by atoms with Crippen molar-refractivity contribution in [3.05, 3.63) is 0 Å². The van der Waals surface area contributed by atoms with E-state index in [2.05, 4.69) is 0 Å². The fraction of sp³-hybridized carbons (Fsp3) is 1.00. The van der Waals surface area contributed by atoms with Gasteiger partial charge in [0.05, 0.1) is 12.2 Å². The zero-order chi connectivity index (χ0) is 12.6. The van der Waals surface area contributed by atoms with Crippen LogP contribution in [0.4, 0.5) is 0 Å². The van der Waals surface area contributed by atoms with Gasteiger partial charge in [0, 0.05) is 19.8 Å². The molecule has 0 aliphatic carbocycles. The molecule has 0 bridgehead atoms. The molecule has 16 heavy (non-hydrogen) atoms. The maximum Gasteiger partial charge on any atom is 0.680 e. The molecular weight excluding hydrogens is 228 g/mol. The van der Waals surface area contributed by atoms with Gasteiger partial charge in [-0.2, -0.15) is 0 Å². The van der Waals surface area contributed by atoms with Gasteiger partial charge in [0.15, 0.2) is 0 Å². The van der Waals surface area contributed by atoms with Crippen molar-refractivity contribution in [2.24, 2.45) is 0 Å². The summed E-state index contributed by atoms with van der Waals surface area (Å²) >= 11 is 0. The minimum atomic E-state index is -3.08. The van der Waals surface area contributed by atoms with E-state index in [1.54, 1.807) is 13.8 Å². The highest BCUT2D eigenvalue weighted by molar-refractivity contribution is 6.53. The number of hydrogen-bond donors (Lipinski definition) is 1. The lowest BCUT2D eigenvalue weighted by atomic mass is 10.3. The molecule has 0 aliphatic heterocycles. The highest BCUT2D eigenvalue weighted by Crippen LogP contribution is 2.16. The molecule has 0 radical (unpaired) electrons. The van der Waals surface area contributed by atoms with E-state index in [9.17, 15) is 5.11 Å². The Morgan fingerprint density at radius 3 is 1.56 bits per heavy atom. The second-order valence-electron chi connectivity index (χ2n) is 3.36. The van der Waals surface area contributed by atoms with E-state index < -0.39 is 15.2 Å². The average Bonchev–Trinajstić information content (AvgIpc) is 2.18. The predicted octanol–water partition coefficient (Wildman–Crippen LogP) is 1.32. The Morgan fingerprint density at radius 1 is 0.938 bits per heavy atom. The summed E-state index contributed by atoms with van der Waals surface area (Å²) in [5, 5.41) is 9.42. The van der Waals surface area contributed by atoms with E-state index in [0.29, 0.717) is 19.8 Å². The summed E-state index contributed by atoms with van der Waals surface area (Å²) in [6.07, 6.45) is -0.968. The molecule has 2 atom stereocenters. The molecule has 98 valence electrons. The van der Waals surface area contributed by atoms with Crippen LogP contribution in [0.2, 0.25) is 0 Å². The Hall–Kier alpha value is 0.0169. The third-order valence-corrected chi connectivity index (χ3v) is 4.56. The van der Waals surface area contributed by atoms with Crippen LogP contribution in [0.25, 0.3) is 0 Å². The molecule has 5 nitrogen and oxygen atoms in total. The van der Waals surface area contributed by atoms with Crippen LogP contribution in [0.5, 0.6) is 0 Å². The van der Waals surface area contributed by atoms with Crippen molar-refractivity contribution >= 4 is 9.05 Å². The largest absolute Gasteiger partial charge is 0.680 e. The van der Waals surface area contributed by atoms with Gasteiger partial charge in [-0.15, -0.1) is 0 Å². The summed E-state index contributed by atoms with van der Waals surface area (Å²) in [5.41, 5.74) is 0. The Bertz CT molecular complexity index is 160. The van der Waals surface area contributed by atoms with Crippen molar-refractivity contribution in [1.82, 2.24) is 0 Å². The molecule has 0 heterocycles. The van der Waals surface area contributed by atoms with E-state index in [-0.39, 0.29) is 6.10 Å². The van der Waals surface area contributed by atoms with Crippen molar-refractivity contribution in [3.63, 3.8) is 0 Å². The Balaban J connectivity index is 4.57. The van der Waals surface area contributed by atoms with E-state index in [1.165, 1.54) is 0 Å². The SMILES string of the molecule is CCO[Si](OCC)(OCC)OC(C)C(C)O. The molecule has 1 N–H and O–H groups in total. The van der Waals surface area contributed by atoms with E-state index in [0.717, 1.165) is 0 Å². The topological polar surface area (TPSA) is 57.2 Å². The van der Waals surface area contributed by atoms with Gasteiger partial charge in [0.2, 0.25) is 0 Å². The first-order chi connectivity index (χ1) is 7.51. The first-order valence-corrected chi connectivity index (χ1v) is 7.42. The Morgan fingerprint density at radius 2 is 1.31 bits per heavy atom. The van der Waals surface area contributed by atoms with Crippen LogP contribution in [0.3, 0.4) is 0 Å². The van der Waals surface area contributed by atoms with Gasteiger partial charge in [-0.25, -0.2) is 0 Å². The van der Waals surface area contributed by atoms with Gasteiger partial charge in [-0.3, -0.25) is 0 Å². The molecule has 0 aromatic heterocycles. The van der Waals surface area contributed by atoms with Crippen LogP contribution >= 0.6 is 0 Å². The van der Waals surface area contributed by atoms with Crippen molar-refractivity contribution < 1.29 is 22.8 Å². The molecule has 0 aromatic rings. The maximum atomic E-state index is 9.42. The van der Waals surface area contributed by atoms with Gasteiger partial charge in [-0.05, 0) is 34.6 Å². The number of hydrogen-bond acceptors (Lipinski definition) is 5. The van der Waals surface area contributed by atoms with Crippen LogP contribution < -0.4 is 0 Å². The number of aliphatic hydroxyl groups is 1. The first-order valence-electron chi connectivity index (χ1n) is 5.79. The number of aliphatic hydroxyl groups excluding tert-OH is 1. The summed E-state index contributed by atoms with van der Waals surface area (Å²) in [6.45, 7) is 10.4. The van der Waals surface area contributed by atoms with E-state index in [1.807, 2.05) is 20.8 Å². The third-order valence-electron chi connectivity index (χ3n) is 1.97. The van der Waals surface area contributed by atoms with Crippen LogP contribution in [0.1, 0.15) is 34.6 Å². The molecule has 0 saturated carbocycles. The van der Waals surface area contributed by atoms with Gasteiger partial charge in [0.25, 0.3) is 0 Å². The lowest BCUT2D eigenvalue weighted by molar-refractivity contribution is -0.0716. The summed E-state index contributed by atoms with van der Waals surface area (Å²) in [4.78, 5) is 0. The summed E-state index contributed by atoms with van der Waals surface area (Å²) in [6, 6.07) is 0. The molecule has 0 spiro atoms. The fourth-order valence-corrected chi connectivity index (χ4v) is 3.25. The summed E-state index contributed by atoms with van der Waals surface area (Å²) in [7, 11) is -3.08. The highest BCUT2D eigenvalue weighted by atomic mass is 28.4. The third kappa shape index (κ3) is 5.38. The minimum Gasteiger partial charge on any atom is -0.391 e. The molecule has 0 saturated heterocycles. The molecule has 0 aliphatic rings. The van der Waals surface area contributed by atoms with Gasteiger partial charge in [0.1, 0.15) is 0 Å². The second-order valence-corrected chi connectivity index (χ2v) is 5.46. The van der Waals surface area contributed by atoms with Crippen LogP contribution in [0, 0.1) is 0 Å². The van der Waals surface area contributed by atoms with E-state index >= 15 is 0 Å². The summed E-state index contributed by atoms with van der Waals surface area (Å²) in [5.74, 6) is 0. The van der Waals surface area contributed by atoms with Crippen molar-refractivity contribution in [1.29, 1.82) is 0 Å². The standard InChI is InChI=1S/C10H24O5Si/c1-6-12-16(13-7-2,14-8-3)15-10(5)9(4)11/h9-11H,6-8H2,1-5H3. The molecule has 0 aromatic carbocycles. The van der Waals surface area contributed by atoms with Crippen LogP contribution in [-0.4, -0.2) is 46.2 Å². The van der Waals surface area contributed by atoms with Crippen molar-refractivity contribution in [3.8, 4) is 0 Å². The fourth-order valence-electron chi connectivity index (χ4n) is 1.08. The Labute approximate surface area is 99.1 Å². The lowest BCUT2D eigenvalue weighted by Gasteiger charge is -2.30. The normalized spacial score (nSPS) is 16.1. The predicted molar refractivity (Wildman–Crippen MR) is 62.9 cm³/mol. The van der Waals surface area contributed by atoms with Crippen molar-refractivity contribution in [2.75, 3.05) is 19.8 Å². The maximum absolute atomic E-state index is 9.42. The highest BCUT2D eigenvalue weighted by Gasteiger charge is 2.46. The minimum absolute atomic E-state index is 0.378. The van der Waals surface area contributed by atoms with Gasteiger partial charge < -0.3 is 22.8 Å². The van der Waals surface area contributed by atoms with Crippen molar-refractivity contribution in [2.45, 2.75) is 46.8 Å². The average molecular weight is 252 g/mol. The van der Waals surface area contributed by atoms with E-state index in [4.69, 9.17) is 17.7 Å². The van der Waals surface area contributed by atoms with Gasteiger partial charge >= 0.3 is 9.05 Å². The molecular formula is C10H24O5Si. The monoisotopic (exact) mass is 252 g/mol. The summed E-state index contributed by atoms with van der Waals surface area (Å²) < 4.78 is 22.1. The van der Waals surface area contributed by atoms with Gasteiger partial charge in [-0.1, -0.05) is 0 Å². The molecule has 0 amide bonds. The quantitative estimate of drug-likeness (QED) is 0.627. The number of rotatable bonds is 9. The van der Waals surface area contributed by atoms with Crippen LogP contribution in [0.15, 0.2) is 0 Å². The zero-order valence-electron chi connectivity index (χ0n) is 10.9. The first kappa shape index (κ1) is 16.0. The Kier molecular flexibility index (Phi) is 8.17. The second kappa shape index (κ2) is 8.16. The molecule has 0 rings (SSSR count). The smallest absolute Gasteiger partial charge is 0.391 e. The molecule has 0 fully saturated rings. The molecule has 2 unspecified atom stereocenters. The zero-order valence-corrected chi connectivity index (χ0v) is 11.9.